The normalized spacial score (nSPS) is 24.4. The first kappa shape index (κ1) is 18.4. The van der Waals surface area contributed by atoms with Crippen LogP contribution in [0.15, 0.2) is 18.5 Å². The zero-order chi connectivity index (χ0) is 17.7. The third-order valence-corrected chi connectivity index (χ3v) is 5.13. The average molecular weight is 349 g/mol. The third kappa shape index (κ3) is 4.40. The lowest BCUT2D eigenvalue weighted by atomic mass is 9.87. The summed E-state index contributed by atoms with van der Waals surface area (Å²) in [5, 5.41) is 10.8. The Bertz CT molecular complexity index is 540. The fourth-order valence-corrected chi connectivity index (χ4v) is 3.88. The Balaban J connectivity index is 1.58. The molecule has 1 aromatic rings. The van der Waals surface area contributed by atoms with Crippen molar-refractivity contribution in [3.8, 4) is 0 Å². The van der Waals surface area contributed by atoms with E-state index in [1.807, 2.05) is 16.9 Å². The van der Waals surface area contributed by atoms with Crippen molar-refractivity contribution >= 4 is 5.91 Å². The molecule has 3 heterocycles. The van der Waals surface area contributed by atoms with Crippen molar-refractivity contribution in [2.24, 2.45) is 5.92 Å². The van der Waals surface area contributed by atoms with Crippen LogP contribution in [0.2, 0.25) is 0 Å². The second kappa shape index (κ2) is 8.29. The number of amides is 1. The van der Waals surface area contributed by atoms with E-state index in [2.05, 4.69) is 34.5 Å². The number of nitrogens with one attached hydrogen (secondary N) is 2. The molecule has 7 heteroatoms. The van der Waals surface area contributed by atoms with Crippen molar-refractivity contribution in [3.63, 3.8) is 0 Å². The Morgan fingerprint density at radius 1 is 1.44 bits per heavy atom. The highest BCUT2D eigenvalue weighted by Gasteiger charge is 2.42. The standard InChI is InChI=1S/C18H31N5O2/c1-15(2)13-22-10-11-25-16(14-22)12-20-17(24)18(4-7-19-8-5-18)23-9-3-6-21-23/h3,6,9,15-16,19H,4-5,7-8,10-14H2,1-2H3,(H,20,24). The summed E-state index contributed by atoms with van der Waals surface area (Å²) >= 11 is 0. The van der Waals surface area contributed by atoms with Gasteiger partial charge in [-0.05, 0) is 37.9 Å². The number of aromatic nitrogens is 2. The Morgan fingerprint density at radius 3 is 2.92 bits per heavy atom. The van der Waals surface area contributed by atoms with Gasteiger partial charge in [-0.1, -0.05) is 13.8 Å². The summed E-state index contributed by atoms with van der Waals surface area (Å²) in [5.41, 5.74) is -0.582. The fraction of sp³-hybridized carbons (Fsp3) is 0.778. The molecule has 1 unspecified atom stereocenters. The molecule has 0 bridgehead atoms. The third-order valence-electron chi connectivity index (χ3n) is 5.13. The van der Waals surface area contributed by atoms with Crippen LogP contribution in [0.3, 0.4) is 0 Å². The zero-order valence-electron chi connectivity index (χ0n) is 15.4. The van der Waals surface area contributed by atoms with Gasteiger partial charge in [-0.2, -0.15) is 5.10 Å². The molecule has 2 N–H and O–H groups in total. The van der Waals surface area contributed by atoms with Gasteiger partial charge < -0.3 is 15.4 Å². The molecule has 2 aliphatic rings. The Kier molecular flexibility index (Phi) is 6.09. The highest BCUT2D eigenvalue weighted by molar-refractivity contribution is 5.84. The Hall–Kier alpha value is -1.44. The lowest BCUT2D eigenvalue weighted by Gasteiger charge is -2.38. The monoisotopic (exact) mass is 349 g/mol. The molecule has 7 nitrogen and oxygen atoms in total. The molecule has 0 aromatic carbocycles. The Labute approximate surface area is 150 Å². The zero-order valence-corrected chi connectivity index (χ0v) is 15.4. The van der Waals surface area contributed by atoms with Gasteiger partial charge in [-0.15, -0.1) is 0 Å². The first-order valence-corrected chi connectivity index (χ1v) is 9.43. The minimum absolute atomic E-state index is 0.0577. The van der Waals surface area contributed by atoms with Crippen LogP contribution in [0.1, 0.15) is 26.7 Å². The lowest BCUT2D eigenvalue weighted by molar-refractivity contribution is -0.133. The summed E-state index contributed by atoms with van der Waals surface area (Å²) in [5.74, 6) is 0.702. The van der Waals surface area contributed by atoms with Crippen molar-refractivity contribution in [1.82, 2.24) is 25.3 Å². The molecule has 1 aromatic heterocycles. The number of carbonyl (C=O) groups excluding carboxylic acids is 1. The van der Waals surface area contributed by atoms with E-state index in [9.17, 15) is 4.79 Å². The molecule has 140 valence electrons. The first-order valence-electron chi connectivity index (χ1n) is 9.43. The lowest BCUT2D eigenvalue weighted by Crippen LogP contribution is -2.56. The number of hydrogen-bond donors (Lipinski definition) is 2. The molecule has 25 heavy (non-hydrogen) atoms. The van der Waals surface area contributed by atoms with Gasteiger partial charge in [-0.25, -0.2) is 0 Å². The molecule has 1 atom stereocenters. The van der Waals surface area contributed by atoms with Gasteiger partial charge in [0.2, 0.25) is 5.91 Å². The van der Waals surface area contributed by atoms with Crippen LogP contribution >= 0.6 is 0 Å². The Morgan fingerprint density at radius 2 is 2.24 bits per heavy atom. The van der Waals surface area contributed by atoms with E-state index in [4.69, 9.17) is 4.74 Å². The number of piperidine rings is 1. The number of morpholine rings is 1. The van der Waals surface area contributed by atoms with Crippen LogP contribution in [0, 0.1) is 5.92 Å². The summed E-state index contributed by atoms with van der Waals surface area (Å²) in [6, 6.07) is 1.88. The maximum atomic E-state index is 13.1. The van der Waals surface area contributed by atoms with Crippen molar-refractivity contribution in [3.05, 3.63) is 18.5 Å². The number of nitrogens with zero attached hydrogens (tertiary/aromatic N) is 3. The van der Waals surface area contributed by atoms with E-state index >= 15 is 0 Å². The minimum Gasteiger partial charge on any atom is -0.374 e. The average Bonchev–Trinajstić information content (AvgIpc) is 3.15. The van der Waals surface area contributed by atoms with E-state index in [-0.39, 0.29) is 12.0 Å². The van der Waals surface area contributed by atoms with Gasteiger partial charge in [-0.3, -0.25) is 14.4 Å². The minimum atomic E-state index is -0.582. The predicted octanol–water partition coefficient (Wildman–Crippen LogP) is 0.435. The summed E-state index contributed by atoms with van der Waals surface area (Å²) in [4.78, 5) is 15.5. The highest BCUT2D eigenvalue weighted by atomic mass is 16.5. The largest absolute Gasteiger partial charge is 0.374 e. The maximum absolute atomic E-state index is 13.1. The molecular weight excluding hydrogens is 318 g/mol. The van der Waals surface area contributed by atoms with Gasteiger partial charge in [0, 0.05) is 38.6 Å². The second-order valence-corrected chi connectivity index (χ2v) is 7.59. The van der Waals surface area contributed by atoms with Crippen molar-refractivity contribution in [2.45, 2.75) is 38.3 Å². The molecule has 2 saturated heterocycles. The maximum Gasteiger partial charge on any atom is 0.248 e. The summed E-state index contributed by atoms with van der Waals surface area (Å²) in [7, 11) is 0. The van der Waals surface area contributed by atoms with E-state index < -0.39 is 5.54 Å². The predicted molar refractivity (Wildman–Crippen MR) is 96.3 cm³/mol. The molecule has 0 saturated carbocycles. The topological polar surface area (TPSA) is 71.4 Å². The van der Waals surface area contributed by atoms with Crippen molar-refractivity contribution < 1.29 is 9.53 Å². The van der Waals surface area contributed by atoms with E-state index in [0.29, 0.717) is 12.5 Å². The molecule has 2 fully saturated rings. The SMILES string of the molecule is CC(C)CN1CCOC(CNC(=O)C2(n3cccn3)CCNCC2)C1. The van der Waals surface area contributed by atoms with E-state index in [1.165, 1.54) is 0 Å². The van der Waals surface area contributed by atoms with Gasteiger partial charge in [0.15, 0.2) is 0 Å². The van der Waals surface area contributed by atoms with E-state index in [1.54, 1.807) is 6.20 Å². The summed E-state index contributed by atoms with van der Waals surface area (Å²) in [6.45, 7) is 10.4. The second-order valence-electron chi connectivity index (χ2n) is 7.59. The number of ether oxygens (including phenoxy) is 1. The molecule has 0 aliphatic carbocycles. The molecule has 0 spiro atoms. The molecular formula is C18H31N5O2. The molecule has 3 rings (SSSR count). The van der Waals surface area contributed by atoms with Crippen LogP contribution in [0.4, 0.5) is 0 Å². The molecule has 2 aliphatic heterocycles. The van der Waals surface area contributed by atoms with Gasteiger partial charge in [0.1, 0.15) is 5.54 Å². The molecule has 1 amide bonds. The van der Waals surface area contributed by atoms with Crippen LogP contribution < -0.4 is 10.6 Å². The summed E-state index contributed by atoms with van der Waals surface area (Å²) in [6.07, 6.45) is 5.21. The van der Waals surface area contributed by atoms with Gasteiger partial charge in [0.05, 0.1) is 12.7 Å². The number of carbonyl (C=O) groups is 1. The van der Waals surface area contributed by atoms with Gasteiger partial charge >= 0.3 is 0 Å². The van der Waals surface area contributed by atoms with Crippen LogP contribution in [-0.2, 0) is 15.1 Å². The van der Waals surface area contributed by atoms with E-state index in [0.717, 1.165) is 52.2 Å². The van der Waals surface area contributed by atoms with Gasteiger partial charge in [0.25, 0.3) is 0 Å². The fourth-order valence-electron chi connectivity index (χ4n) is 3.88. The van der Waals surface area contributed by atoms with Crippen LogP contribution in [0.5, 0.6) is 0 Å². The van der Waals surface area contributed by atoms with Crippen LogP contribution in [0.25, 0.3) is 0 Å². The number of rotatable bonds is 6. The first-order chi connectivity index (χ1) is 12.1. The molecule has 0 radical (unpaired) electrons. The van der Waals surface area contributed by atoms with Crippen molar-refractivity contribution in [2.75, 3.05) is 45.9 Å². The number of hydrogen-bond acceptors (Lipinski definition) is 5. The summed E-state index contributed by atoms with van der Waals surface area (Å²) < 4.78 is 7.69. The smallest absolute Gasteiger partial charge is 0.248 e. The quantitative estimate of drug-likeness (QED) is 0.780. The van der Waals surface area contributed by atoms with Crippen LogP contribution in [-0.4, -0.2) is 72.6 Å². The van der Waals surface area contributed by atoms with Crippen molar-refractivity contribution in [1.29, 1.82) is 0 Å². The highest BCUT2D eigenvalue weighted by Crippen LogP contribution is 2.27.